The molecule has 0 radical (unpaired) electrons. The first-order valence-corrected chi connectivity index (χ1v) is 6.47. The SMILES string of the molecule is CNc1ncnc(-n2cnc3c2CCCC3)c1OC. The van der Waals surface area contributed by atoms with Crippen molar-refractivity contribution in [2.24, 2.45) is 0 Å². The molecule has 2 aromatic heterocycles. The number of rotatable bonds is 3. The standard InChI is InChI=1S/C13H17N5O/c1-14-12-11(19-2)13(16-7-15-12)18-8-17-9-5-3-4-6-10(9)18/h7-8H,3-6H2,1-2H3,(H,14,15,16). The van der Waals surface area contributed by atoms with Crippen molar-refractivity contribution in [3.05, 3.63) is 24.0 Å². The van der Waals surface area contributed by atoms with Crippen LogP contribution >= 0.6 is 0 Å². The van der Waals surface area contributed by atoms with E-state index in [1.807, 2.05) is 17.9 Å². The van der Waals surface area contributed by atoms with Crippen molar-refractivity contribution < 1.29 is 4.74 Å². The molecule has 1 aliphatic carbocycles. The van der Waals surface area contributed by atoms with E-state index in [0.29, 0.717) is 11.6 Å². The van der Waals surface area contributed by atoms with Crippen LogP contribution in [0.4, 0.5) is 5.82 Å². The Morgan fingerprint density at radius 1 is 1.21 bits per heavy atom. The van der Waals surface area contributed by atoms with Crippen LogP contribution < -0.4 is 10.1 Å². The van der Waals surface area contributed by atoms with Crippen molar-refractivity contribution in [2.45, 2.75) is 25.7 Å². The molecule has 0 saturated heterocycles. The lowest BCUT2D eigenvalue weighted by Gasteiger charge is -2.16. The Morgan fingerprint density at radius 2 is 2.05 bits per heavy atom. The molecular weight excluding hydrogens is 242 g/mol. The number of ether oxygens (including phenoxy) is 1. The molecule has 0 spiro atoms. The fourth-order valence-corrected chi connectivity index (χ4v) is 2.55. The fourth-order valence-electron chi connectivity index (χ4n) is 2.55. The molecule has 2 aromatic rings. The molecule has 6 heteroatoms. The normalized spacial score (nSPS) is 14.0. The molecule has 0 atom stereocenters. The molecule has 0 aromatic carbocycles. The van der Waals surface area contributed by atoms with Gasteiger partial charge < -0.3 is 10.1 Å². The van der Waals surface area contributed by atoms with Gasteiger partial charge >= 0.3 is 0 Å². The Labute approximate surface area is 111 Å². The van der Waals surface area contributed by atoms with E-state index in [-0.39, 0.29) is 0 Å². The van der Waals surface area contributed by atoms with E-state index in [9.17, 15) is 0 Å². The Morgan fingerprint density at radius 3 is 2.84 bits per heavy atom. The van der Waals surface area contributed by atoms with Crippen molar-refractivity contribution in [1.29, 1.82) is 0 Å². The van der Waals surface area contributed by atoms with Gasteiger partial charge in [-0.1, -0.05) is 0 Å². The third kappa shape index (κ3) is 1.93. The first-order chi connectivity index (χ1) is 9.35. The van der Waals surface area contributed by atoms with E-state index in [0.717, 1.165) is 18.7 Å². The molecule has 1 aliphatic rings. The molecule has 0 amide bonds. The van der Waals surface area contributed by atoms with Crippen molar-refractivity contribution in [3.63, 3.8) is 0 Å². The van der Waals surface area contributed by atoms with Crippen LogP contribution in [-0.2, 0) is 12.8 Å². The van der Waals surface area contributed by atoms with Crippen LogP contribution in [0.3, 0.4) is 0 Å². The van der Waals surface area contributed by atoms with Crippen LogP contribution in [-0.4, -0.2) is 33.7 Å². The summed E-state index contributed by atoms with van der Waals surface area (Å²) in [5, 5.41) is 3.02. The Bertz CT molecular complexity index is 593. The summed E-state index contributed by atoms with van der Waals surface area (Å²) >= 11 is 0. The van der Waals surface area contributed by atoms with E-state index in [2.05, 4.69) is 20.3 Å². The minimum absolute atomic E-state index is 0.649. The van der Waals surface area contributed by atoms with Crippen LogP contribution in [0, 0.1) is 0 Å². The third-order valence-corrected chi connectivity index (χ3v) is 3.48. The second-order valence-electron chi connectivity index (χ2n) is 4.54. The van der Waals surface area contributed by atoms with Crippen LogP contribution in [0.25, 0.3) is 5.82 Å². The number of aryl methyl sites for hydroxylation is 1. The zero-order chi connectivity index (χ0) is 13.2. The summed E-state index contributed by atoms with van der Waals surface area (Å²) in [6.07, 6.45) is 7.88. The summed E-state index contributed by atoms with van der Waals surface area (Å²) in [6.45, 7) is 0. The lowest BCUT2D eigenvalue weighted by Crippen LogP contribution is -2.10. The van der Waals surface area contributed by atoms with Gasteiger partial charge in [0, 0.05) is 12.7 Å². The lowest BCUT2D eigenvalue weighted by atomic mass is 10.0. The number of methoxy groups -OCH3 is 1. The minimum atomic E-state index is 0.649. The van der Waals surface area contributed by atoms with Gasteiger partial charge in [0.1, 0.15) is 12.7 Å². The van der Waals surface area contributed by atoms with E-state index < -0.39 is 0 Å². The number of nitrogens with zero attached hydrogens (tertiary/aromatic N) is 4. The zero-order valence-electron chi connectivity index (χ0n) is 11.2. The average molecular weight is 259 g/mol. The van der Waals surface area contributed by atoms with Crippen molar-refractivity contribution in [3.8, 4) is 11.6 Å². The summed E-state index contributed by atoms with van der Waals surface area (Å²) in [7, 11) is 3.45. The zero-order valence-corrected chi connectivity index (χ0v) is 11.2. The van der Waals surface area contributed by atoms with Gasteiger partial charge in [-0.2, -0.15) is 0 Å². The topological polar surface area (TPSA) is 64.9 Å². The van der Waals surface area contributed by atoms with Crippen LogP contribution in [0.15, 0.2) is 12.7 Å². The highest BCUT2D eigenvalue weighted by molar-refractivity contribution is 5.58. The maximum atomic E-state index is 5.45. The number of hydrogen-bond donors (Lipinski definition) is 1. The molecule has 0 fully saturated rings. The van der Waals surface area contributed by atoms with Gasteiger partial charge in [0.05, 0.1) is 12.8 Å². The summed E-state index contributed by atoms with van der Waals surface area (Å²) < 4.78 is 7.47. The summed E-state index contributed by atoms with van der Waals surface area (Å²) in [5.74, 6) is 2.08. The maximum absolute atomic E-state index is 5.45. The quantitative estimate of drug-likeness (QED) is 0.906. The van der Waals surface area contributed by atoms with Crippen molar-refractivity contribution in [1.82, 2.24) is 19.5 Å². The maximum Gasteiger partial charge on any atom is 0.205 e. The number of hydrogen-bond acceptors (Lipinski definition) is 5. The lowest BCUT2D eigenvalue weighted by molar-refractivity contribution is 0.410. The summed E-state index contributed by atoms with van der Waals surface area (Å²) in [5.41, 5.74) is 2.42. The highest BCUT2D eigenvalue weighted by Gasteiger charge is 2.20. The van der Waals surface area contributed by atoms with Gasteiger partial charge in [0.15, 0.2) is 11.6 Å². The highest BCUT2D eigenvalue weighted by atomic mass is 16.5. The number of fused-ring (bicyclic) bond motifs is 1. The molecule has 0 bridgehead atoms. The fraction of sp³-hybridized carbons (Fsp3) is 0.462. The van der Waals surface area contributed by atoms with E-state index >= 15 is 0 Å². The largest absolute Gasteiger partial charge is 0.490 e. The molecule has 2 heterocycles. The van der Waals surface area contributed by atoms with Crippen LogP contribution in [0.5, 0.6) is 5.75 Å². The Balaban J connectivity index is 2.14. The van der Waals surface area contributed by atoms with Gasteiger partial charge in [-0.05, 0) is 25.7 Å². The molecule has 3 rings (SSSR count). The molecule has 100 valence electrons. The molecule has 0 unspecified atom stereocenters. The average Bonchev–Trinajstić information content (AvgIpc) is 2.90. The number of imidazole rings is 1. The second kappa shape index (κ2) is 4.87. The number of anilines is 1. The van der Waals surface area contributed by atoms with E-state index in [1.165, 1.54) is 24.2 Å². The van der Waals surface area contributed by atoms with Crippen molar-refractivity contribution in [2.75, 3.05) is 19.5 Å². The molecule has 19 heavy (non-hydrogen) atoms. The molecule has 1 N–H and O–H groups in total. The minimum Gasteiger partial charge on any atom is -0.490 e. The Hall–Kier alpha value is -2.11. The van der Waals surface area contributed by atoms with Gasteiger partial charge in [-0.25, -0.2) is 15.0 Å². The summed E-state index contributed by atoms with van der Waals surface area (Å²) in [4.78, 5) is 13.0. The third-order valence-electron chi connectivity index (χ3n) is 3.48. The Kier molecular flexibility index (Phi) is 3.06. The summed E-state index contributed by atoms with van der Waals surface area (Å²) in [6, 6.07) is 0. The smallest absolute Gasteiger partial charge is 0.205 e. The van der Waals surface area contributed by atoms with Gasteiger partial charge in [-0.15, -0.1) is 0 Å². The van der Waals surface area contributed by atoms with E-state index in [4.69, 9.17) is 4.74 Å². The second-order valence-corrected chi connectivity index (χ2v) is 4.54. The van der Waals surface area contributed by atoms with Gasteiger partial charge in [-0.3, -0.25) is 4.57 Å². The number of aromatic nitrogens is 4. The predicted molar refractivity (Wildman–Crippen MR) is 71.9 cm³/mol. The first kappa shape index (κ1) is 12.0. The number of nitrogens with one attached hydrogen (secondary N) is 1. The predicted octanol–water partition coefficient (Wildman–Crippen LogP) is 1.59. The van der Waals surface area contributed by atoms with Crippen LogP contribution in [0.1, 0.15) is 24.2 Å². The molecule has 0 aliphatic heterocycles. The van der Waals surface area contributed by atoms with Gasteiger partial charge in [0.2, 0.25) is 5.75 Å². The van der Waals surface area contributed by atoms with E-state index in [1.54, 1.807) is 13.4 Å². The molecule has 0 saturated carbocycles. The van der Waals surface area contributed by atoms with Gasteiger partial charge in [0.25, 0.3) is 0 Å². The monoisotopic (exact) mass is 259 g/mol. The van der Waals surface area contributed by atoms with Crippen LogP contribution in [0.2, 0.25) is 0 Å². The molecule has 6 nitrogen and oxygen atoms in total. The highest BCUT2D eigenvalue weighted by Crippen LogP contribution is 2.30. The van der Waals surface area contributed by atoms with Crippen molar-refractivity contribution >= 4 is 5.82 Å². The molecular formula is C13H17N5O. The first-order valence-electron chi connectivity index (χ1n) is 6.47.